The highest BCUT2D eigenvalue weighted by molar-refractivity contribution is 7.92. The third-order valence-electron chi connectivity index (χ3n) is 6.14. The Morgan fingerprint density at radius 3 is 2.24 bits per heavy atom. The predicted octanol–water partition coefficient (Wildman–Crippen LogP) is 3.83. The Bertz CT molecular complexity index is 1180. The third kappa shape index (κ3) is 5.39. The molecule has 1 saturated heterocycles. The molecule has 0 bridgehead atoms. The van der Waals surface area contributed by atoms with Crippen LogP contribution in [0.1, 0.15) is 25.3 Å². The maximum absolute atomic E-state index is 13.2. The van der Waals surface area contributed by atoms with Gasteiger partial charge in [0.15, 0.2) is 0 Å². The standard InChI is InChI=1S/C26H30N4O3S/c1-2-30(23-11-7-4-8-12-23)34(32,33)24-13-14-25(27-20-24)29-17-15-22(16-18-29)26(31)28-19-21-9-5-3-6-10-21/h3-14,20,22H,2,15-19H2,1H3,(H,28,31). The van der Waals surface area contributed by atoms with E-state index in [1.54, 1.807) is 24.3 Å². The normalized spacial score (nSPS) is 14.6. The number of sulfonamides is 1. The summed E-state index contributed by atoms with van der Waals surface area (Å²) in [6, 6.07) is 22.3. The van der Waals surface area contributed by atoms with Gasteiger partial charge in [-0.2, -0.15) is 0 Å². The molecule has 8 heteroatoms. The fourth-order valence-electron chi connectivity index (χ4n) is 4.23. The zero-order valence-electron chi connectivity index (χ0n) is 19.3. The number of carbonyl (C=O) groups is 1. The van der Waals surface area contributed by atoms with Crippen LogP contribution in [0.15, 0.2) is 83.9 Å². The van der Waals surface area contributed by atoms with Crippen LogP contribution in [0.3, 0.4) is 0 Å². The van der Waals surface area contributed by atoms with E-state index < -0.39 is 10.0 Å². The van der Waals surface area contributed by atoms with Gasteiger partial charge in [0.2, 0.25) is 5.91 Å². The monoisotopic (exact) mass is 478 g/mol. The van der Waals surface area contributed by atoms with Crippen LogP contribution >= 0.6 is 0 Å². The minimum atomic E-state index is -3.70. The van der Waals surface area contributed by atoms with Crippen molar-refractivity contribution in [2.45, 2.75) is 31.2 Å². The number of aromatic nitrogens is 1. The fourth-order valence-corrected chi connectivity index (χ4v) is 5.64. The van der Waals surface area contributed by atoms with E-state index in [0.717, 1.165) is 24.2 Å². The number of rotatable bonds is 8. The molecule has 1 aliphatic rings. The number of anilines is 2. The molecule has 4 rings (SSSR count). The van der Waals surface area contributed by atoms with Crippen LogP contribution in [0.2, 0.25) is 0 Å². The van der Waals surface area contributed by atoms with Crippen molar-refractivity contribution in [1.29, 1.82) is 0 Å². The number of pyridine rings is 1. The molecule has 178 valence electrons. The second kappa shape index (κ2) is 10.7. The number of amides is 1. The van der Waals surface area contributed by atoms with Crippen LogP contribution < -0.4 is 14.5 Å². The smallest absolute Gasteiger partial charge is 0.265 e. The maximum atomic E-state index is 13.2. The molecule has 0 unspecified atom stereocenters. The summed E-state index contributed by atoms with van der Waals surface area (Å²) < 4.78 is 27.7. The van der Waals surface area contributed by atoms with Crippen LogP contribution in [0.5, 0.6) is 0 Å². The highest BCUT2D eigenvalue weighted by Crippen LogP contribution is 2.26. The fraction of sp³-hybridized carbons (Fsp3) is 0.308. The van der Waals surface area contributed by atoms with E-state index in [1.807, 2.05) is 55.5 Å². The van der Waals surface area contributed by atoms with E-state index >= 15 is 0 Å². The van der Waals surface area contributed by atoms with Crippen molar-refractivity contribution in [3.63, 3.8) is 0 Å². The lowest BCUT2D eigenvalue weighted by Gasteiger charge is -2.32. The summed E-state index contributed by atoms with van der Waals surface area (Å²) in [5.41, 5.74) is 1.71. The van der Waals surface area contributed by atoms with Crippen LogP contribution in [0.25, 0.3) is 0 Å². The van der Waals surface area contributed by atoms with E-state index in [4.69, 9.17) is 0 Å². The molecule has 2 aromatic carbocycles. The van der Waals surface area contributed by atoms with Gasteiger partial charge in [0.05, 0.1) is 5.69 Å². The van der Waals surface area contributed by atoms with Crippen molar-refractivity contribution >= 4 is 27.4 Å². The molecule has 1 aliphatic heterocycles. The Morgan fingerprint density at radius 1 is 1.00 bits per heavy atom. The number of nitrogens with zero attached hydrogens (tertiary/aromatic N) is 3. The Kier molecular flexibility index (Phi) is 7.47. The van der Waals surface area contributed by atoms with Crippen molar-refractivity contribution in [3.05, 3.63) is 84.6 Å². The number of para-hydroxylation sites is 1. The molecule has 0 aliphatic carbocycles. The summed E-state index contributed by atoms with van der Waals surface area (Å²) in [6.07, 6.45) is 2.90. The van der Waals surface area contributed by atoms with Gasteiger partial charge in [-0.1, -0.05) is 48.5 Å². The lowest BCUT2D eigenvalue weighted by molar-refractivity contribution is -0.125. The molecule has 1 fully saturated rings. The first kappa shape index (κ1) is 23.8. The van der Waals surface area contributed by atoms with Crippen LogP contribution in [0.4, 0.5) is 11.5 Å². The van der Waals surface area contributed by atoms with E-state index in [0.29, 0.717) is 31.9 Å². The Balaban J connectivity index is 1.35. The van der Waals surface area contributed by atoms with Gasteiger partial charge >= 0.3 is 0 Å². The van der Waals surface area contributed by atoms with E-state index in [9.17, 15) is 13.2 Å². The van der Waals surface area contributed by atoms with Gasteiger partial charge in [-0.3, -0.25) is 9.10 Å². The minimum absolute atomic E-state index is 0.0244. The number of hydrogen-bond donors (Lipinski definition) is 1. The van der Waals surface area contributed by atoms with Gasteiger partial charge in [0.1, 0.15) is 10.7 Å². The molecule has 0 saturated carbocycles. The Morgan fingerprint density at radius 2 is 1.65 bits per heavy atom. The van der Waals surface area contributed by atoms with Crippen LogP contribution in [0, 0.1) is 5.92 Å². The average Bonchev–Trinajstić information content (AvgIpc) is 2.89. The molecular formula is C26H30N4O3S. The third-order valence-corrected chi connectivity index (χ3v) is 8.03. The average molecular weight is 479 g/mol. The summed E-state index contributed by atoms with van der Waals surface area (Å²) in [5.74, 6) is 0.784. The van der Waals surface area contributed by atoms with Crippen molar-refractivity contribution in [3.8, 4) is 0 Å². The highest BCUT2D eigenvalue weighted by atomic mass is 32.2. The van der Waals surface area contributed by atoms with Gasteiger partial charge in [0, 0.05) is 38.3 Å². The van der Waals surface area contributed by atoms with Crippen molar-refractivity contribution in [1.82, 2.24) is 10.3 Å². The van der Waals surface area contributed by atoms with E-state index in [-0.39, 0.29) is 16.7 Å². The van der Waals surface area contributed by atoms with Gasteiger partial charge < -0.3 is 10.2 Å². The van der Waals surface area contributed by atoms with E-state index in [1.165, 1.54) is 10.5 Å². The number of hydrogen-bond acceptors (Lipinski definition) is 5. The van der Waals surface area contributed by atoms with E-state index in [2.05, 4.69) is 15.2 Å². The first-order chi connectivity index (χ1) is 16.5. The molecule has 1 amide bonds. The number of benzene rings is 2. The van der Waals surface area contributed by atoms with Crippen LogP contribution in [-0.2, 0) is 21.4 Å². The summed E-state index contributed by atoms with van der Waals surface area (Å²) in [7, 11) is -3.70. The lowest BCUT2D eigenvalue weighted by Crippen LogP contribution is -2.40. The van der Waals surface area contributed by atoms with Crippen molar-refractivity contribution in [2.75, 3.05) is 28.8 Å². The zero-order valence-corrected chi connectivity index (χ0v) is 20.1. The number of carbonyl (C=O) groups excluding carboxylic acids is 1. The molecule has 1 aromatic heterocycles. The summed E-state index contributed by atoms with van der Waals surface area (Å²) in [4.78, 5) is 19.3. The molecule has 34 heavy (non-hydrogen) atoms. The van der Waals surface area contributed by atoms with Gasteiger partial charge in [-0.25, -0.2) is 13.4 Å². The SMILES string of the molecule is CCN(c1ccccc1)S(=O)(=O)c1ccc(N2CCC(C(=O)NCc3ccccc3)CC2)nc1. The summed E-state index contributed by atoms with van der Waals surface area (Å²) >= 11 is 0. The quantitative estimate of drug-likeness (QED) is 0.532. The molecular weight excluding hydrogens is 448 g/mol. The second-order valence-electron chi connectivity index (χ2n) is 8.32. The topological polar surface area (TPSA) is 82.6 Å². The minimum Gasteiger partial charge on any atom is -0.357 e. The Labute approximate surface area is 201 Å². The summed E-state index contributed by atoms with van der Waals surface area (Å²) in [6.45, 7) is 4.08. The largest absolute Gasteiger partial charge is 0.357 e. The lowest BCUT2D eigenvalue weighted by atomic mass is 9.96. The zero-order chi connectivity index (χ0) is 24.0. The second-order valence-corrected chi connectivity index (χ2v) is 10.2. The van der Waals surface area contributed by atoms with Gasteiger partial charge in [-0.15, -0.1) is 0 Å². The molecule has 0 atom stereocenters. The van der Waals surface area contributed by atoms with Crippen LogP contribution in [-0.4, -0.2) is 38.9 Å². The first-order valence-corrected chi connectivity index (χ1v) is 13.0. The maximum Gasteiger partial charge on any atom is 0.265 e. The van der Waals surface area contributed by atoms with Crippen molar-refractivity contribution in [2.24, 2.45) is 5.92 Å². The molecule has 1 N–H and O–H groups in total. The molecule has 3 aromatic rings. The molecule has 0 spiro atoms. The molecule has 0 radical (unpaired) electrons. The Hall–Kier alpha value is -3.39. The first-order valence-electron chi connectivity index (χ1n) is 11.6. The molecule has 2 heterocycles. The highest BCUT2D eigenvalue weighted by Gasteiger charge is 2.27. The molecule has 7 nitrogen and oxygen atoms in total. The van der Waals surface area contributed by atoms with Gasteiger partial charge in [-0.05, 0) is 49.6 Å². The van der Waals surface area contributed by atoms with Crippen molar-refractivity contribution < 1.29 is 13.2 Å². The summed E-state index contributed by atoms with van der Waals surface area (Å²) in [5, 5.41) is 3.03. The van der Waals surface area contributed by atoms with Gasteiger partial charge in [0.25, 0.3) is 10.0 Å². The number of nitrogens with one attached hydrogen (secondary N) is 1. The predicted molar refractivity (Wildman–Crippen MR) is 134 cm³/mol. The number of piperidine rings is 1.